The first-order valence-electron chi connectivity index (χ1n) is 7.76. The monoisotopic (exact) mass is 285 g/mol. The Labute approximate surface area is 121 Å². The Morgan fingerprint density at radius 3 is 2.60 bits per heavy atom. The van der Waals surface area contributed by atoms with E-state index in [9.17, 15) is 9.59 Å². The van der Waals surface area contributed by atoms with Crippen LogP contribution in [0.4, 0.5) is 0 Å². The normalized spacial score (nSPS) is 15.8. The predicted octanol–water partition coefficient (Wildman–Crippen LogP) is 2.19. The fourth-order valence-corrected chi connectivity index (χ4v) is 2.32. The van der Waals surface area contributed by atoms with Crippen LogP contribution in [-0.2, 0) is 19.1 Å². The number of ether oxygens (including phenoxy) is 2. The number of esters is 1. The molecule has 5 nitrogen and oxygen atoms in total. The number of hydrogen-bond acceptors (Lipinski definition) is 4. The SMILES string of the molecule is CCOC(=O)CCC(=O)NCCCOC1CCCCC1. The lowest BCUT2D eigenvalue weighted by Crippen LogP contribution is -2.26. The van der Waals surface area contributed by atoms with Gasteiger partial charge in [-0.25, -0.2) is 0 Å². The van der Waals surface area contributed by atoms with E-state index in [1.54, 1.807) is 6.92 Å². The molecule has 1 aliphatic carbocycles. The van der Waals surface area contributed by atoms with Crippen molar-refractivity contribution in [3.05, 3.63) is 0 Å². The van der Waals surface area contributed by atoms with Gasteiger partial charge in [0.15, 0.2) is 0 Å². The maximum atomic E-state index is 11.5. The van der Waals surface area contributed by atoms with E-state index >= 15 is 0 Å². The molecule has 1 rings (SSSR count). The molecule has 0 aliphatic heterocycles. The summed E-state index contributed by atoms with van der Waals surface area (Å²) in [5, 5.41) is 2.79. The van der Waals surface area contributed by atoms with E-state index in [4.69, 9.17) is 9.47 Å². The fourth-order valence-electron chi connectivity index (χ4n) is 2.32. The van der Waals surface area contributed by atoms with E-state index in [0.29, 0.717) is 25.9 Å². The minimum absolute atomic E-state index is 0.101. The van der Waals surface area contributed by atoms with Gasteiger partial charge in [0.1, 0.15) is 0 Å². The standard InChI is InChI=1S/C15H27NO4/c1-2-19-15(18)10-9-14(17)16-11-6-12-20-13-7-4-3-5-8-13/h13H,2-12H2,1H3,(H,16,17). The van der Waals surface area contributed by atoms with Crippen molar-refractivity contribution in [3.63, 3.8) is 0 Å². The lowest BCUT2D eigenvalue weighted by molar-refractivity contribution is -0.144. The van der Waals surface area contributed by atoms with E-state index in [1.807, 2.05) is 0 Å². The van der Waals surface area contributed by atoms with Gasteiger partial charge in [-0.05, 0) is 26.2 Å². The Kier molecular flexibility index (Phi) is 9.04. The van der Waals surface area contributed by atoms with Crippen molar-refractivity contribution in [2.75, 3.05) is 19.8 Å². The summed E-state index contributed by atoms with van der Waals surface area (Å²) in [5.74, 6) is -0.418. The molecular formula is C15H27NO4. The van der Waals surface area contributed by atoms with Crippen LogP contribution < -0.4 is 5.32 Å². The van der Waals surface area contributed by atoms with Gasteiger partial charge in [-0.15, -0.1) is 0 Å². The molecule has 0 unspecified atom stereocenters. The van der Waals surface area contributed by atoms with Crippen LogP contribution in [0.15, 0.2) is 0 Å². The molecule has 0 aromatic carbocycles. The molecule has 0 aromatic heterocycles. The van der Waals surface area contributed by atoms with E-state index in [1.165, 1.54) is 32.1 Å². The summed E-state index contributed by atoms with van der Waals surface area (Å²) >= 11 is 0. The highest BCUT2D eigenvalue weighted by molar-refractivity contribution is 5.81. The van der Waals surface area contributed by atoms with Gasteiger partial charge in [0.05, 0.1) is 19.1 Å². The van der Waals surface area contributed by atoms with Crippen LogP contribution in [0.25, 0.3) is 0 Å². The molecule has 0 spiro atoms. The van der Waals surface area contributed by atoms with Gasteiger partial charge in [0.25, 0.3) is 0 Å². The van der Waals surface area contributed by atoms with Gasteiger partial charge < -0.3 is 14.8 Å². The summed E-state index contributed by atoms with van der Waals surface area (Å²) < 4.78 is 10.5. The van der Waals surface area contributed by atoms with E-state index in [2.05, 4.69) is 5.32 Å². The van der Waals surface area contributed by atoms with Crippen molar-refractivity contribution in [1.29, 1.82) is 0 Å². The molecule has 5 heteroatoms. The Morgan fingerprint density at radius 1 is 1.15 bits per heavy atom. The molecule has 0 atom stereocenters. The third-order valence-electron chi connectivity index (χ3n) is 3.41. The molecule has 0 bridgehead atoms. The summed E-state index contributed by atoms with van der Waals surface area (Å²) in [4.78, 5) is 22.5. The average molecular weight is 285 g/mol. The summed E-state index contributed by atoms with van der Waals surface area (Å²) in [5.41, 5.74) is 0. The van der Waals surface area contributed by atoms with Crippen molar-refractivity contribution in [2.24, 2.45) is 0 Å². The van der Waals surface area contributed by atoms with E-state index in [-0.39, 0.29) is 24.7 Å². The average Bonchev–Trinajstić information content (AvgIpc) is 2.46. The Balaban J connectivity index is 1.92. The molecule has 0 saturated heterocycles. The number of hydrogen-bond donors (Lipinski definition) is 1. The zero-order chi connectivity index (χ0) is 14.6. The largest absolute Gasteiger partial charge is 0.466 e. The van der Waals surface area contributed by atoms with Gasteiger partial charge >= 0.3 is 5.97 Å². The molecule has 1 aliphatic rings. The maximum Gasteiger partial charge on any atom is 0.306 e. The molecule has 1 N–H and O–H groups in total. The van der Waals surface area contributed by atoms with Gasteiger partial charge in [-0.1, -0.05) is 19.3 Å². The van der Waals surface area contributed by atoms with Crippen LogP contribution in [0.2, 0.25) is 0 Å². The van der Waals surface area contributed by atoms with Crippen molar-refractivity contribution >= 4 is 11.9 Å². The second kappa shape index (κ2) is 10.7. The van der Waals surface area contributed by atoms with Gasteiger partial charge in [-0.2, -0.15) is 0 Å². The molecule has 20 heavy (non-hydrogen) atoms. The van der Waals surface area contributed by atoms with Gasteiger partial charge in [0.2, 0.25) is 5.91 Å². The second-order valence-corrected chi connectivity index (χ2v) is 5.14. The Hall–Kier alpha value is -1.10. The first-order chi connectivity index (χ1) is 9.72. The van der Waals surface area contributed by atoms with Crippen LogP contribution >= 0.6 is 0 Å². The number of amides is 1. The van der Waals surface area contributed by atoms with Crippen LogP contribution in [0.5, 0.6) is 0 Å². The maximum absolute atomic E-state index is 11.5. The summed E-state index contributed by atoms with van der Waals surface area (Å²) in [7, 11) is 0. The molecule has 0 heterocycles. The van der Waals surface area contributed by atoms with Crippen LogP contribution in [-0.4, -0.2) is 37.7 Å². The highest BCUT2D eigenvalue weighted by Crippen LogP contribution is 2.20. The van der Waals surface area contributed by atoms with Crippen molar-refractivity contribution in [3.8, 4) is 0 Å². The topological polar surface area (TPSA) is 64.6 Å². The second-order valence-electron chi connectivity index (χ2n) is 5.14. The highest BCUT2D eigenvalue weighted by atomic mass is 16.5. The third kappa shape index (κ3) is 8.15. The first-order valence-corrected chi connectivity index (χ1v) is 7.76. The molecule has 0 aromatic rings. The van der Waals surface area contributed by atoms with Crippen LogP contribution in [0, 0.1) is 0 Å². The van der Waals surface area contributed by atoms with Crippen molar-refractivity contribution < 1.29 is 19.1 Å². The minimum atomic E-state index is -0.316. The lowest BCUT2D eigenvalue weighted by Gasteiger charge is -2.21. The fraction of sp³-hybridized carbons (Fsp3) is 0.867. The Morgan fingerprint density at radius 2 is 1.90 bits per heavy atom. The van der Waals surface area contributed by atoms with Crippen molar-refractivity contribution in [2.45, 2.75) is 64.4 Å². The predicted molar refractivity (Wildman–Crippen MR) is 76.3 cm³/mol. The zero-order valence-electron chi connectivity index (χ0n) is 12.5. The van der Waals surface area contributed by atoms with Crippen LogP contribution in [0.3, 0.4) is 0 Å². The van der Waals surface area contributed by atoms with Gasteiger partial charge in [-0.3, -0.25) is 9.59 Å². The van der Waals surface area contributed by atoms with Gasteiger partial charge in [0, 0.05) is 19.6 Å². The molecule has 0 radical (unpaired) electrons. The molecule has 116 valence electrons. The zero-order valence-corrected chi connectivity index (χ0v) is 12.5. The summed E-state index contributed by atoms with van der Waals surface area (Å²) in [6.45, 7) is 3.42. The van der Waals surface area contributed by atoms with Crippen LogP contribution in [0.1, 0.15) is 58.3 Å². The number of nitrogens with one attached hydrogen (secondary N) is 1. The number of carbonyl (C=O) groups excluding carboxylic acids is 2. The third-order valence-corrected chi connectivity index (χ3v) is 3.41. The lowest BCUT2D eigenvalue weighted by atomic mass is 9.98. The quantitative estimate of drug-likeness (QED) is 0.521. The number of rotatable bonds is 9. The molecule has 1 fully saturated rings. The van der Waals surface area contributed by atoms with E-state index < -0.39 is 0 Å². The smallest absolute Gasteiger partial charge is 0.306 e. The van der Waals surface area contributed by atoms with E-state index in [0.717, 1.165) is 6.42 Å². The molecular weight excluding hydrogens is 258 g/mol. The Bertz CT molecular complexity index is 288. The van der Waals surface area contributed by atoms with Crippen molar-refractivity contribution in [1.82, 2.24) is 5.32 Å². The molecule has 1 amide bonds. The first kappa shape index (κ1) is 17.0. The summed E-state index contributed by atoms with van der Waals surface area (Å²) in [6, 6.07) is 0. The highest BCUT2D eigenvalue weighted by Gasteiger charge is 2.13. The molecule has 1 saturated carbocycles. The minimum Gasteiger partial charge on any atom is -0.466 e. The number of carbonyl (C=O) groups is 2. The summed E-state index contributed by atoms with van der Waals surface area (Å²) in [6.07, 6.45) is 7.81.